The summed E-state index contributed by atoms with van der Waals surface area (Å²) in [5.74, 6) is 0.370. The van der Waals surface area contributed by atoms with Gasteiger partial charge in [0, 0.05) is 19.5 Å². The third-order valence-electron chi connectivity index (χ3n) is 4.67. The number of amides is 1. The van der Waals surface area contributed by atoms with Gasteiger partial charge in [0.05, 0.1) is 6.54 Å². The van der Waals surface area contributed by atoms with Gasteiger partial charge in [0.1, 0.15) is 11.9 Å². The molecule has 8 heteroatoms. The van der Waals surface area contributed by atoms with Crippen molar-refractivity contribution in [2.75, 3.05) is 19.6 Å². The molecular formula is C18H20N2O5S. The van der Waals surface area contributed by atoms with E-state index in [4.69, 9.17) is 9.15 Å². The van der Waals surface area contributed by atoms with Gasteiger partial charge in [0.2, 0.25) is 5.09 Å². The zero-order chi connectivity index (χ0) is 18.1. The summed E-state index contributed by atoms with van der Waals surface area (Å²) >= 11 is 0. The van der Waals surface area contributed by atoms with Crippen molar-refractivity contribution in [2.45, 2.75) is 30.5 Å². The second-order valence-electron chi connectivity index (χ2n) is 6.49. The lowest BCUT2D eigenvalue weighted by Crippen LogP contribution is -2.34. The number of fused-ring (bicyclic) bond motifs is 1. The summed E-state index contributed by atoms with van der Waals surface area (Å²) in [5, 5.41) is 2.56. The first kappa shape index (κ1) is 17.1. The zero-order valence-electron chi connectivity index (χ0n) is 14.2. The number of nitrogens with zero attached hydrogens (tertiary/aromatic N) is 1. The van der Waals surface area contributed by atoms with Crippen molar-refractivity contribution in [3.05, 3.63) is 47.7 Å². The number of hydrogen-bond donors (Lipinski definition) is 1. The Balaban J connectivity index is 1.37. The standard InChI is InChI=1S/C18H20N2O5S/c21-18(19-12-14-11-13-5-1-2-6-15(13)24-14)16-7-8-17(25-16)26(22,23)20-9-3-4-10-20/h1-2,5-8,14H,3-4,9-12H2,(H,19,21)/t14-/m0/s1. The molecule has 0 radical (unpaired) electrons. The summed E-state index contributed by atoms with van der Waals surface area (Å²) < 4.78 is 37.4. The van der Waals surface area contributed by atoms with E-state index in [1.807, 2.05) is 24.3 Å². The molecule has 7 nitrogen and oxygen atoms in total. The van der Waals surface area contributed by atoms with Crippen molar-refractivity contribution in [3.63, 3.8) is 0 Å². The Morgan fingerprint density at radius 1 is 1.15 bits per heavy atom. The number of hydrogen-bond acceptors (Lipinski definition) is 5. The highest BCUT2D eigenvalue weighted by atomic mass is 32.2. The fourth-order valence-electron chi connectivity index (χ4n) is 3.30. The lowest BCUT2D eigenvalue weighted by Gasteiger charge is -2.13. The molecule has 2 aromatic rings. The first-order valence-electron chi connectivity index (χ1n) is 8.67. The molecule has 1 amide bonds. The van der Waals surface area contributed by atoms with Gasteiger partial charge in [-0.15, -0.1) is 0 Å². The Morgan fingerprint density at radius 3 is 2.69 bits per heavy atom. The summed E-state index contributed by atoms with van der Waals surface area (Å²) in [6.07, 6.45) is 2.27. The van der Waals surface area contributed by atoms with Crippen LogP contribution in [0.3, 0.4) is 0 Å². The predicted octanol–water partition coefficient (Wildman–Crippen LogP) is 1.80. The van der Waals surface area contributed by atoms with Crippen LogP contribution in [0.5, 0.6) is 5.75 Å². The maximum atomic E-state index is 12.4. The van der Waals surface area contributed by atoms with Crippen LogP contribution in [0.4, 0.5) is 0 Å². The van der Waals surface area contributed by atoms with Crippen LogP contribution in [0.1, 0.15) is 29.0 Å². The van der Waals surface area contributed by atoms with E-state index in [0.717, 1.165) is 30.6 Å². The van der Waals surface area contributed by atoms with E-state index in [1.165, 1.54) is 16.4 Å². The number of ether oxygens (including phenoxy) is 1. The SMILES string of the molecule is O=C(NC[C@@H]1Cc2ccccc2O1)c1ccc(S(=O)(=O)N2CCCC2)o1. The second kappa shape index (κ2) is 6.77. The molecule has 1 N–H and O–H groups in total. The molecule has 1 atom stereocenters. The summed E-state index contributed by atoms with van der Waals surface area (Å²) in [4.78, 5) is 12.3. The fourth-order valence-corrected chi connectivity index (χ4v) is 4.73. The number of carbonyl (C=O) groups is 1. The zero-order valence-corrected chi connectivity index (χ0v) is 15.0. The smallest absolute Gasteiger partial charge is 0.287 e. The van der Waals surface area contributed by atoms with Gasteiger partial charge >= 0.3 is 0 Å². The molecule has 1 saturated heterocycles. The van der Waals surface area contributed by atoms with Gasteiger partial charge in [0.15, 0.2) is 5.76 Å². The van der Waals surface area contributed by atoms with Gasteiger partial charge in [0.25, 0.3) is 15.9 Å². The van der Waals surface area contributed by atoms with Crippen LogP contribution in [0.15, 0.2) is 45.9 Å². The lowest BCUT2D eigenvalue weighted by molar-refractivity contribution is 0.0900. The minimum absolute atomic E-state index is 0.0155. The van der Waals surface area contributed by atoms with Crippen molar-refractivity contribution < 1.29 is 22.4 Å². The molecule has 1 aromatic carbocycles. The predicted molar refractivity (Wildman–Crippen MR) is 93.6 cm³/mol. The molecule has 0 bridgehead atoms. The van der Waals surface area contributed by atoms with Crippen molar-refractivity contribution in [2.24, 2.45) is 0 Å². The van der Waals surface area contributed by atoms with Gasteiger partial charge in [-0.25, -0.2) is 8.42 Å². The number of sulfonamides is 1. The van der Waals surface area contributed by atoms with Crippen LogP contribution in [-0.2, 0) is 16.4 Å². The number of nitrogens with one attached hydrogen (secondary N) is 1. The largest absolute Gasteiger partial charge is 0.488 e. The second-order valence-corrected chi connectivity index (χ2v) is 8.36. The third kappa shape index (κ3) is 3.22. The Morgan fingerprint density at radius 2 is 1.92 bits per heavy atom. The number of furan rings is 1. The quantitative estimate of drug-likeness (QED) is 0.860. The molecule has 2 aliphatic heterocycles. The van der Waals surface area contributed by atoms with E-state index in [2.05, 4.69) is 5.32 Å². The fraction of sp³-hybridized carbons (Fsp3) is 0.389. The molecule has 1 aromatic heterocycles. The summed E-state index contributed by atoms with van der Waals surface area (Å²) in [7, 11) is -3.66. The van der Waals surface area contributed by atoms with Crippen molar-refractivity contribution in [1.29, 1.82) is 0 Å². The molecule has 26 heavy (non-hydrogen) atoms. The first-order chi connectivity index (χ1) is 12.5. The van der Waals surface area contributed by atoms with Gasteiger partial charge in [-0.2, -0.15) is 4.31 Å². The van der Waals surface area contributed by atoms with E-state index in [1.54, 1.807) is 0 Å². The number of para-hydroxylation sites is 1. The van der Waals surface area contributed by atoms with E-state index < -0.39 is 15.9 Å². The number of benzene rings is 1. The highest BCUT2D eigenvalue weighted by molar-refractivity contribution is 7.89. The minimum Gasteiger partial charge on any atom is -0.488 e. The molecule has 4 rings (SSSR count). The molecule has 0 unspecified atom stereocenters. The Hall–Kier alpha value is -2.32. The summed E-state index contributed by atoms with van der Waals surface area (Å²) in [6.45, 7) is 1.30. The van der Waals surface area contributed by atoms with Crippen LogP contribution in [-0.4, -0.2) is 44.4 Å². The van der Waals surface area contributed by atoms with E-state index in [9.17, 15) is 13.2 Å². The molecule has 138 valence electrons. The third-order valence-corrected chi connectivity index (χ3v) is 6.44. The lowest BCUT2D eigenvalue weighted by atomic mass is 10.1. The maximum absolute atomic E-state index is 12.4. The van der Waals surface area contributed by atoms with Crippen LogP contribution in [0, 0.1) is 0 Å². The van der Waals surface area contributed by atoms with Crippen LogP contribution in [0.25, 0.3) is 0 Å². The average Bonchev–Trinajstić information content (AvgIpc) is 3.39. The topological polar surface area (TPSA) is 88.8 Å². The van der Waals surface area contributed by atoms with E-state index in [-0.39, 0.29) is 17.0 Å². The average molecular weight is 376 g/mol. The molecule has 2 aliphatic rings. The van der Waals surface area contributed by atoms with Crippen LogP contribution < -0.4 is 10.1 Å². The van der Waals surface area contributed by atoms with Gasteiger partial charge in [-0.05, 0) is 36.6 Å². The first-order valence-corrected chi connectivity index (χ1v) is 10.1. The molecule has 1 fully saturated rings. The van der Waals surface area contributed by atoms with Gasteiger partial charge in [-0.3, -0.25) is 4.79 Å². The summed E-state index contributed by atoms with van der Waals surface area (Å²) in [5.41, 5.74) is 1.11. The van der Waals surface area contributed by atoms with Crippen LogP contribution in [0.2, 0.25) is 0 Å². The number of carbonyl (C=O) groups excluding carboxylic acids is 1. The minimum atomic E-state index is -3.66. The Bertz CT molecular complexity index is 890. The molecule has 3 heterocycles. The molecule has 0 spiro atoms. The Kier molecular flexibility index (Phi) is 4.46. The normalized spacial score (nSPS) is 19.9. The summed E-state index contributed by atoms with van der Waals surface area (Å²) in [6, 6.07) is 10.5. The molecule has 0 saturated carbocycles. The maximum Gasteiger partial charge on any atom is 0.287 e. The highest BCUT2D eigenvalue weighted by Gasteiger charge is 2.31. The molecule has 0 aliphatic carbocycles. The van der Waals surface area contributed by atoms with Crippen molar-refractivity contribution >= 4 is 15.9 Å². The monoisotopic (exact) mass is 376 g/mol. The van der Waals surface area contributed by atoms with Gasteiger partial charge in [-0.1, -0.05) is 18.2 Å². The molecular weight excluding hydrogens is 356 g/mol. The van der Waals surface area contributed by atoms with E-state index in [0.29, 0.717) is 19.6 Å². The number of rotatable bonds is 5. The van der Waals surface area contributed by atoms with E-state index >= 15 is 0 Å². The van der Waals surface area contributed by atoms with Crippen LogP contribution >= 0.6 is 0 Å². The van der Waals surface area contributed by atoms with Crippen molar-refractivity contribution in [1.82, 2.24) is 9.62 Å². The van der Waals surface area contributed by atoms with Crippen molar-refractivity contribution in [3.8, 4) is 5.75 Å². The Labute approximate surface area is 152 Å². The highest BCUT2D eigenvalue weighted by Crippen LogP contribution is 2.28. The van der Waals surface area contributed by atoms with Gasteiger partial charge < -0.3 is 14.5 Å².